The van der Waals surface area contributed by atoms with Crippen LogP contribution in [0.4, 0.5) is 0 Å². The first-order valence-corrected chi connectivity index (χ1v) is 19.5. The fourth-order valence-electron chi connectivity index (χ4n) is 9.31. The van der Waals surface area contributed by atoms with Crippen LogP contribution in [0.25, 0.3) is 116 Å². The number of aromatic nitrogens is 6. The molecule has 5 aromatic heterocycles. The van der Waals surface area contributed by atoms with E-state index in [2.05, 4.69) is 177 Å². The van der Waals surface area contributed by atoms with Crippen LogP contribution in [0.3, 0.4) is 0 Å². The van der Waals surface area contributed by atoms with Crippen LogP contribution in [0.2, 0.25) is 0 Å². The smallest absolute Gasteiger partial charge is 0.240 e. The second-order valence-corrected chi connectivity index (χ2v) is 14.8. The van der Waals surface area contributed by atoms with Crippen LogP contribution in [0.15, 0.2) is 186 Å². The van der Waals surface area contributed by atoms with Crippen molar-refractivity contribution in [2.24, 2.45) is 0 Å². The van der Waals surface area contributed by atoms with E-state index in [0.717, 1.165) is 98.6 Å². The van der Waals surface area contributed by atoms with Gasteiger partial charge in [0, 0.05) is 48.8 Å². The SMILES string of the molecule is c1ccc(-n2c3ccccc3c3c2ccc2c4ccccc4n(-c4nc(-c5cccc6c5oc5ccccc56)nc(-n5c6ccccc6c6ccccc65)n4)c23)cc1. The number of fused-ring (bicyclic) bond motifs is 13. The Bertz CT molecular complexity index is 3760. The third kappa shape index (κ3) is 4.24. The van der Waals surface area contributed by atoms with E-state index in [4.69, 9.17) is 19.4 Å². The summed E-state index contributed by atoms with van der Waals surface area (Å²) in [7, 11) is 0. The van der Waals surface area contributed by atoms with Crippen molar-refractivity contribution >= 4 is 87.4 Å². The van der Waals surface area contributed by atoms with E-state index in [0.29, 0.717) is 17.7 Å². The molecule has 13 aromatic rings. The molecule has 5 heterocycles. The predicted molar refractivity (Wildman–Crippen MR) is 236 cm³/mol. The minimum atomic E-state index is 0.519. The van der Waals surface area contributed by atoms with Crippen LogP contribution in [0.5, 0.6) is 0 Å². The molecule has 0 radical (unpaired) electrons. The summed E-state index contributed by atoms with van der Waals surface area (Å²) < 4.78 is 13.4. The van der Waals surface area contributed by atoms with Gasteiger partial charge in [0.2, 0.25) is 11.9 Å². The fourth-order valence-corrected chi connectivity index (χ4v) is 9.31. The molecule has 7 heteroatoms. The van der Waals surface area contributed by atoms with Gasteiger partial charge in [-0.05, 0) is 54.6 Å². The zero-order valence-electron chi connectivity index (χ0n) is 30.9. The normalized spacial score (nSPS) is 12.1. The van der Waals surface area contributed by atoms with E-state index in [1.165, 1.54) is 0 Å². The number of para-hydroxylation sites is 7. The van der Waals surface area contributed by atoms with Gasteiger partial charge >= 0.3 is 0 Å². The van der Waals surface area contributed by atoms with Gasteiger partial charge < -0.3 is 8.98 Å². The Morgan fingerprint density at radius 1 is 0.345 bits per heavy atom. The highest BCUT2D eigenvalue weighted by Crippen LogP contribution is 2.42. The second-order valence-electron chi connectivity index (χ2n) is 14.8. The van der Waals surface area contributed by atoms with Crippen LogP contribution < -0.4 is 0 Å². The van der Waals surface area contributed by atoms with Crippen LogP contribution in [-0.2, 0) is 0 Å². The van der Waals surface area contributed by atoms with E-state index >= 15 is 0 Å². The minimum absolute atomic E-state index is 0.519. The average Bonchev–Trinajstić information content (AvgIpc) is 4.03. The first kappa shape index (κ1) is 31.2. The number of furan rings is 1. The van der Waals surface area contributed by atoms with Gasteiger partial charge in [-0.25, -0.2) is 0 Å². The zero-order valence-corrected chi connectivity index (χ0v) is 30.9. The van der Waals surface area contributed by atoms with E-state index in [-0.39, 0.29) is 0 Å². The standard InChI is InChI=1S/C51H30N6O/c1-2-15-31(16-3-1)55-43-27-12-7-21-38(43)46-44(55)30-29-36-34-19-6-11-26-42(34)57(47(36)46)51-53-49(39-23-14-22-37-35-20-8-13-28-45(35)58-48(37)39)52-50(54-51)56-40-24-9-4-17-32(40)33-18-5-10-25-41(33)56/h1-30H. The highest BCUT2D eigenvalue weighted by molar-refractivity contribution is 6.26. The van der Waals surface area contributed by atoms with Gasteiger partial charge in [0.25, 0.3) is 0 Å². The maximum absolute atomic E-state index is 6.61. The molecule has 0 aliphatic carbocycles. The van der Waals surface area contributed by atoms with Crippen molar-refractivity contribution in [1.29, 1.82) is 0 Å². The van der Waals surface area contributed by atoms with Gasteiger partial charge in [-0.3, -0.25) is 9.13 Å². The molecule has 0 N–H and O–H groups in total. The molecule has 0 aliphatic rings. The molecule has 0 saturated heterocycles. The largest absolute Gasteiger partial charge is 0.455 e. The Morgan fingerprint density at radius 3 is 1.59 bits per heavy atom. The van der Waals surface area contributed by atoms with E-state index in [1.54, 1.807) is 0 Å². The predicted octanol–water partition coefficient (Wildman–Crippen LogP) is 12.7. The molecule has 0 spiro atoms. The molecule has 0 aliphatic heterocycles. The molecule has 0 saturated carbocycles. The molecule has 0 amide bonds. The first-order chi connectivity index (χ1) is 28.8. The molecule has 58 heavy (non-hydrogen) atoms. The molecule has 8 aromatic carbocycles. The number of hydrogen-bond acceptors (Lipinski definition) is 4. The van der Waals surface area contributed by atoms with E-state index < -0.39 is 0 Å². The fraction of sp³-hybridized carbons (Fsp3) is 0. The third-order valence-corrected chi connectivity index (χ3v) is 11.7. The van der Waals surface area contributed by atoms with Gasteiger partial charge in [-0.1, -0.05) is 127 Å². The molecular formula is C51H30N6O. The van der Waals surface area contributed by atoms with E-state index in [9.17, 15) is 0 Å². The first-order valence-electron chi connectivity index (χ1n) is 19.5. The van der Waals surface area contributed by atoms with Crippen molar-refractivity contribution in [3.8, 4) is 29.0 Å². The molecule has 7 nitrogen and oxygen atoms in total. The molecular weight excluding hydrogens is 713 g/mol. The highest BCUT2D eigenvalue weighted by Gasteiger charge is 2.25. The Morgan fingerprint density at radius 2 is 0.879 bits per heavy atom. The van der Waals surface area contributed by atoms with Crippen LogP contribution >= 0.6 is 0 Å². The van der Waals surface area contributed by atoms with Gasteiger partial charge in [-0.2, -0.15) is 15.0 Å². The molecule has 270 valence electrons. The molecule has 0 unspecified atom stereocenters. The number of hydrogen-bond donors (Lipinski definition) is 0. The van der Waals surface area contributed by atoms with Crippen LogP contribution in [-0.4, -0.2) is 28.7 Å². The quantitative estimate of drug-likeness (QED) is 0.180. The number of benzene rings is 8. The lowest BCUT2D eigenvalue weighted by atomic mass is 10.1. The average molecular weight is 743 g/mol. The summed E-state index contributed by atoms with van der Waals surface area (Å²) in [5, 5.41) is 8.86. The molecule has 0 bridgehead atoms. The van der Waals surface area contributed by atoms with Gasteiger partial charge in [0.05, 0.1) is 38.7 Å². The summed E-state index contributed by atoms with van der Waals surface area (Å²) in [5.74, 6) is 1.57. The highest BCUT2D eigenvalue weighted by atomic mass is 16.3. The second kappa shape index (κ2) is 11.7. The van der Waals surface area contributed by atoms with Crippen molar-refractivity contribution in [1.82, 2.24) is 28.7 Å². The summed E-state index contributed by atoms with van der Waals surface area (Å²) in [6.45, 7) is 0. The lowest BCUT2D eigenvalue weighted by molar-refractivity contribution is 0.669. The Hall–Kier alpha value is -8.03. The minimum Gasteiger partial charge on any atom is -0.455 e. The topological polar surface area (TPSA) is 66.6 Å². The molecule has 0 fully saturated rings. The van der Waals surface area contributed by atoms with Crippen molar-refractivity contribution in [3.05, 3.63) is 182 Å². The van der Waals surface area contributed by atoms with Crippen LogP contribution in [0, 0.1) is 0 Å². The summed E-state index contributed by atoms with van der Waals surface area (Å²) in [5.41, 5.74) is 9.78. The van der Waals surface area contributed by atoms with Gasteiger partial charge in [0.1, 0.15) is 11.2 Å². The van der Waals surface area contributed by atoms with Crippen molar-refractivity contribution in [2.45, 2.75) is 0 Å². The summed E-state index contributed by atoms with van der Waals surface area (Å²) in [6.07, 6.45) is 0. The molecule has 13 rings (SSSR count). The summed E-state index contributed by atoms with van der Waals surface area (Å²) >= 11 is 0. The van der Waals surface area contributed by atoms with Crippen molar-refractivity contribution in [3.63, 3.8) is 0 Å². The Labute approximate surface area is 330 Å². The summed E-state index contributed by atoms with van der Waals surface area (Å²) in [4.78, 5) is 16.3. The maximum atomic E-state index is 6.61. The van der Waals surface area contributed by atoms with E-state index in [1.807, 2.05) is 18.2 Å². The van der Waals surface area contributed by atoms with Crippen LogP contribution in [0.1, 0.15) is 0 Å². The van der Waals surface area contributed by atoms with Gasteiger partial charge in [0.15, 0.2) is 5.82 Å². The number of nitrogens with zero attached hydrogens (tertiary/aromatic N) is 6. The monoisotopic (exact) mass is 742 g/mol. The number of rotatable bonds is 4. The summed E-state index contributed by atoms with van der Waals surface area (Å²) in [6, 6.07) is 63.6. The maximum Gasteiger partial charge on any atom is 0.240 e. The lowest BCUT2D eigenvalue weighted by Crippen LogP contribution is -2.10. The third-order valence-electron chi connectivity index (χ3n) is 11.7. The lowest BCUT2D eigenvalue weighted by Gasteiger charge is -2.13. The van der Waals surface area contributed by atoms with Crippen molar-refractivity contribution < 1.29 is 4.42 Å². The molecule has 0 atom stereocenters. The Kier molecular flexibility index (Phi) is 6.32. The zero-order chi connectivity index (χ0) is 37.9. The Balaban J connectivity index is 1.20. The van der Waals surface area contributed by atoms with Crippen molar-refractivity contribution in [2.75, 3.05) is 0 Å². The van der Waals surface area contributed by atoms with Gasteiger partial charge in [-0.15, -0.1) is 0 Å².